The van der Waals surface area contributed by atoms with Gasteiger partial charge in [0.15, 0.2) is 0 Å². The van der Waals surface area contributed by atoms with Gasteiger partial charge in [0.2, 0.25) is 0 Å². The molecule has 0 saturated carbocycles. The summed E-state index contributed by atoms with van der Waals surface area (Å²) < 4.78 is 21.7. The summed E-state index contributed by atoms with van der Waals surface area (Å²) in [4.78, 5) is 11.5. The molecule has 0 atom stereocenters. The lowest BCUT2D eigenvalue weighted by atomic mass is 9.89. The van der Waals surface area contributed by atoms with E-state index >= 15 is 0 Å². The number of halogens is 1. The van der Waals surface area contributed by atoms with E-state index in [1.54, 1.807) is 24.3 Å². The molecule has 1 aliphatic heterocycles. The fourth-order valence-electron chi connectivity index (χ4n) is 5.01. The van der Waals surface area contributed by atoms with Gasteiger partial charge >= 0.3 is 5.97 Å². The first-order valence-corrected chi connectivity index (χ1v) is 11.6. The predicted octanol–water partition coefficient (Wildman–Crippen LogP) is 6.07. The van der Waals surface area contributed by atoms with Crippen LogP contribution in [-0.4, -0.2) is 42.1 Å². The maximum absolute atomic E-state index is 13.9. The number of nitrogens with zero attached hydrogens (tertiary/aromatic N) is 1. The Hall–Kier alpha value is -3.97. The molecule has 1 saturated heterocycles. The van der Waals surface area contributed by atoms with Gasteiger partial charge in [-0.25, -0.2) is 9.18 Å². The number of benzene rings is 3. The van der Waals surface area contributed by atoms with E-state index < -0.39 is 5.97 Å². The molecule has 0 spiro atoms. The van der Waals surface area contributed by atoms with Crippen LogP contribution in [0.4, 0.5) is 10.1 Å². The number of anilines is 1. The van der Waals surface area contributed by atoms with Crippen LogP contribution >= 0.6 is 0 Å². The molecule has 6 nitrogen and oxygen atoms in total. The SMILES string of the molecule is CNc1cc2c(-c3ccc(C(=O)O)cc3)c(C3CCOCC3)n(-c3ccc(F)cc3)c2cc1C=N. The number of carboxylic acid groups (broad SMARTS) is 1. The molecule has 0 unspecified atom stereocenters. The second-order valence-corrected chi connectivity index (χ2v) is 8.69. The zero-order chi connectivity index (χ0) is 24.5. The normalized spacial score (nSPS) is 14.2. The van der Waals surface area contributed by atoms with E-state index in [4.69, 9.17) is 10.1 Å². The van der Waals surface area contributed by atoms with Crippen molar-refractivity contribution in [2.75, 3.05) is 25.6 Å². The number of aromatic nitrogens is 1. The summed E-state index contributed by atoms with van der Waals surface area (Å²) in [5.74, 6) is -1.08. The fraction of sp³-hybridized carbons (Fsp3) is 0.214. The topological polar surface area (TPSA) is 87.3 Å². The molecule has 1 fully saturated rings. The number of carboxylic acids is 1. The van der Waals surface area contributed by atoms with Gasteiger partial charge in [0.05, 0.1) is 11.1 Å². The van der Waals surface area contributed by atoms with Crippen molar-refractivity contribution in [3.05, 3.63) is 83.3 Å². The van der Waals surface area contributed by atoms with Crippen molar-refractivity contribution >= 4 is 28.8 Å². The van der Waals surface area contributed by atoms with Crippen molar-refractivity contribution < 1.29 is 19.0 Å². The molecule has 1 aliphatic rings. The van der Waals surface area contributed by atoms with Gasteiger partial charge in [-0.15, -0.1) is 0 Å². The highest BCUT2D eigenvalue weighted by Gasteiger charge is 2.28. The quantitative estimate of drug-likeness (QED) is 0.298. The number of ether oxygens (including phenoxy) is 1. The molecule has 3 aromatic carbocycles. The van der Waals surface area contributed by atoms with E-state index in [2.05, 4.69) is 9.88 Å². The van der Waals surface area contributed by atoms with Crippen molar-refractivity contribution in [2.24, 2.45) is 0 Å². The summed E-state index contributed by atoms with van der Waals surface area (Å²) in [5.41, 5.74) is 6.55. The number of carbonyl (C=O) groups is 1. The zero-order valence-corrected chi connectivity index (χ0v) is 19.3. The number of hydrogen-bond acceptors (Lipinski definition) is 4. The lowest BCUT2D eigenvalue weighted by Gasteiger charge is -2.26. The number of rotatable bonds is 6. The maximum atomic E-state index is 13.9. The van der Waals surface area contributed by atoms with E-state index in [9.17, 15) is 14.3 Å². The van der Waals surface area contributed by atoms with Gasteiger partial charge < -0.3 is 25.1 Å². The number of nitrogens with one attached hydrogen (secondary N) is 2. The van der Waals surface area contributed by atoms with E-state index in [-0.39, 0.29) is 17.3 Å². The average molecular weight is 472 g/mol. The Morgan fingerprint density at radius 2 is 1.80 bits per heavy atom. The zero-order valence-electron chi connectivity index (χ0n) is 19.3. The lowest BCUT2D eigenvalue weighted by molar-refractivity contribution is 0.0697. The van der Waals surface area contributed by atoms with Crippen molar-refractivity contribution in [1.29, 1.82) is 5.41 Å². The molecule has 5 rings (SSSR count). The molecule has 178 valence electrons. The Labute approximate surface area is 202 Å². The molecule has 0 radical (unpaired) electrons. The van der Waals surface area contributed by atoms with Crippen LogP contribution in [0.25, 0.3) is 27.7 Å². The molecule has 0 bridgehead atoms. The summed E-state index contributed by atoms with van der Waals surface area (Å²) in [6.07, 6.45) is 3.00. The van der Waals surface area contributed by atoms with Gasteiger partial charge in [-0.1, -0.05) is 12.1 Å². The third-order valence-corrected chi connectivity index (χ3v) is 6.71. The molecule has 7 heteroatoms. The molecule has 35 heavy (non-hydrogen) atoms. The Bertz CT molecular complexity index is 1400. The van der Waals surface area contributed by atoms with Gasteiger partial charge in [-0.05, 0) is 66.9 Å². The van der Waals surface area contributed by atoms with Crippen molar-refractivity contribution in [2.45, 2.75) is 18.8 Å². The van der Waals surface area contributed by atoms with Crippen LogP contribution in [-0.2, 0) is 4.74 Å². The molecule has 0 aliphatic carbocycles. The largest absolute Gasteiger partial charge is 0.478 e. The molecule has 4 aromatic rings. The molecule has 1 aromatic heterocycles. The number of fused-ring (bicyclic) bond motifs is 1. The minimum absolute atomic E-state index is 0.192. The fourth-order valence-corrected chi connectivity index (χ4v) is 5.01. The van der Waals surface area contributed by atoms with Crippen LogP contribution in [0.5, 0.6) is 0 Å². The maximum Gasteiger partial charge on any atom is 0.335 e. The molecule has 2 heterocycles. The molecule has 3 N–H and O–H groups in total. The van der Waals surface area contributed by atoms with E-state index in [0.717, 1.165) is 57.5 Å². The minimum atomic E-state index is -0.969. The predicted molar refractivity (Wildman–Crippen MR) is 136 cm³/mol. The first-order valence-electron chi connectivity index (χ1n) is 11.6. The summed E-state index contributed by atoms with van der Waals surface area (Å²) >= 11 is 0. The standard InChI is InChI=1S/C28H26FN3O3/c1-31-24-15-23-25(14-20(24)16-30)32(22-8-6-21(29)7-9-22)27(18-10-12-35-13-11-18)26(23)17-2-4-19(5-3-17)28(33)34/h2-9,14-16,18,30-31H,10-13H2,1H3,(H,33,34). The third-order valence-electron chi connectivity index (χ3n) is 6.71. The van der Waals surface area contributed by atoms with Crippen LogP contribution in [0.1, 0.15) is 40.4 Å². The number of aromatic carboxylic acids is 1. The van der Waals surface area contributed by atoms with Crippen LogP contribution in [0.2, 0.25) is 0 Å². The van der Waals surface area contributed by atoms with Gasteiger partial charge in [0, 0.05) is 66.0 Å². The highest BCUT2D eigenvalue weighted by atomic mass is 19.1. The summed E-state index contributed by atoms with van der Waals surface area (Å²) in [6, 6.07) is 17.4. The highest BCUT2D eigenvalue weighted by molar-refractivity contribution is 6.05. The minimum Gasteiger partial charge on any atom is -0.478 e. The van der Waals surface area contributed by atoms with Gasteiger partial charge in [-0.2, -0.15) is 0 Å². The number of hydrogen-bond donors (Lipinski definition) is 3. The Kier molecular flexibility index (Phi) is 6.09. The van der Waals surface area contributed by atoms with Gasteiger partial charge in [0.1, 0.15) is 5.82 Å². The summed E-state index contributed by atoms with van der Waals surface area (Å²) in [6.45, 7) is 1.31. The smallest absolute Gasteiger partial charge is 0.335 e. The van der Waals surface area contributed by atoms with Crippen LogP contribution < -0.4 is 5.32 Å². The average Bonchev–Trinajstić information content (AvgIpc) is 3.22. The Morgan fingerprint density at radius 1 is 1.11 bits per heavy atom. The van der Waals surface area contributed by atoms with Crippen molar-refractivity contribution in [3.8, 4) is 16.8 Å². The van der Waals surface area contributed by atoms with Crippen molar-refractivity contribution in [3.63, 3.8) is 0 Å². The molecular weight excluding hydrogens is 445 g/mol. The third kappa shape index (κ3) is 4.08. The van der Waals surface area contributed by atoms with E-state index in [1.165, 1.54) is 18.3 Å². The molecular formula is C28H26FN3O3. The Morgan fingerprint density at radius 3 is 2.40 bits per heavy atom. The monoisotopic (exact) mass is 471 g/mol. The first-order chi connectivity index (χ1) is 17.0. The van der Waals surface area contributed by atoms with Crippen molar-refractivity contribution in [1.82, 2.24) is 4.57 Å². The van der Waals surface area contributed by atoms with Gasteiger partial charge in [0.25, 0.3) is 0 Å². The highest BCUT2D eigenvalue weighted by Crippen LogP contribution is 2.44. The van der Waals surface area contributed by atoms with Crippen LogP contribution in [0.15, 0.2) is 60.7 Å². The lowest BCUT2D eigenvalue weighted by Crippen LogP contribution is -2.17. The summed E-state index contributed by atoms with van der Waals surface area (Å²) in [5, 5.41) is 21.5. The second kappa shape index (κ2) is 9.35. The van der Waals surface area contributed by atoms with E-state index in [1.807, 2.05) is 31.3 Å². The second-order valence-electron chi connectivity index (χ2n) is 8.69. The first kappa shape index (κ1) is 22.8. The van der Waals surface area contributed by atoms with E-state index in [0.29, 0.717) is 13.2 Å². The van der Waals surface area contributed by atoms with Crippen LogP contribution in [0, 0.1) is 11.2 Å². The Balaban J connectivity index is 1.89. The van der Waals surface area contributed by atoms with Crippen LogP contribution in [0.3, 0.4) is 0 Å². The van der Waals surface area contributed by atoms with Gasteiger partial charge in [-0.3, -0.25) is 0 Å². The summed E-state index contributed by atoms with van der Waals surface area (Å²) in [7, 11) is 1.83. The molecule has 0 amide bonds.